The Labute approximate surface area is 135 Å². The molecule has 0 amide bonds. The fraction of sp³-hybridized carbons (Fsp3) is 0.647. The van der Waals surface area contributed by atoms with Crippen LogP contribution in [0.3, 0.4) is 0 Å². The zero-order chi connectivity index (χ0) is 16.5. The fourth-order valence-electron chi connectivity index (χ4n) is 2.92. The van der Waals surface area contributed by atoms with Crippen LogP contribution in [0.2, 0.25) is 0 Å². The molecular formula is C17H28N2O2S. The highest BCUT2D eigenvalue weighted by atomic mass is 32.2. The van der Waals surface area contributed by atoms with Gasteiger partial charge in [-0.05, 0) is 36.5 Å². The zero-order valence-corrected chi connectivity index (χ0v) is 15.2. The highest BCUT2D eigenvalue weighted by molar-refractivity contribution is 7.89. The Morgan fingerprint density at radius 3 is 2.18 bits per heavy atom. The van der Waals surface area contributed by atoms with E-state index >= 15 is 0 Å². The largest absolute Gasteiger partial charge is 0.300 e. The molecule has 0 unspecified atom stereocenters. The molecule has 0 aliphatic carbocycles. The van der Waals surface area contributed by atoms with Crippen LogP contribution in [0.25, 0.3) is 0 Å². The molecule has 1 fully saturated rings. The van der Waals surface area contributed by atoms with Crippen molar-refractivity contribution in [1.82, 2.24) is 9.21 Å². The number of rotatable bonds is 3. The van der Waals surface area contributed by atoms with Gasteiger partial charge in [0.1, 0.15) is 0 Å². The summed E-state index contributed by atoms with van der Waals surface area (Å²) in [7, 11) is -3.38. The Morgan fingerprint density at radius 2 is 1.64 bits per heavy atom. The lowest BCUT2D eigenvalue weighted by Crippen LogP contribution is -2.50. The average molecular weight is 324 g/mol. The highest BCUT2D eigenvalue weighted by Gasteiger charge is 2.30. The Bertz CT molecular complexity index is 625. The number of piperazine rings is 1. The summed E-state index contributed by atoms with van der Waals surface area (Å²) in [5.74, 6) is 0. The third-order valence-electron chi connectivity index (χ3n) is 3.99. The zero-order valence-electron chi connectivity index (χ0n) is 14.4. The van der Waals surface area contributed by atoms with Crippen molar-refractivity contribution in [3.05, 3.63) is 29.3 Å². The Morgan fingerprint density at radius 1 is 1.05 bits per heavy atom. The van der Waals surface area contributed by atoms with E-state index < -0.39 is 10.0 Å². The number of sulfonamides is 1. The van der Waals surface area contributed by atoms with E-state index in [9.17, 15) is 8.42 Å². The van der Waals surface area contributed by atoms with Crippen LogP contribution < -0.4 is 0 Å². The molecule has 0 atom stereocenters. The van der Waals surface area contributed by atoms with Gasteiger partial charge in [0.25, 0.3) is 0 Å². The van der Waals surface area contributed by atoms with Gasteiger partial charge < -0.3 is 4.90 Å². The molecule has 4 nitrogen and oxygen atoms in total. The number of nitrogens with zero attached hydrogens (tertiary/aromatic N) is 2. The normalized spacial score (nSPS) is 18.6. The predicted octanol–water partition coefficient (Wildman–Crippen LogP) is 2.66. The second-order valence-corrected chi connectivity index (χ2v) is 9.42. The summed E-state index contributed by atoms with van der Waals surface area (Å²) in [6, 6.07) is 5.62. The Kier molecular flexibility index (Phi) is 5.00. The first-order valence-corrected chi connectivity index (χ1v) is 9.33. The van der Waals surface area contributed by atoms with Crippen LogP contribution in [-0.4, -0.2) is 50.3 Å². The van der Waals surface area contributed by atoms with Gasteiger partial charge >= 0.3 is 0 Å². The van der Waals surface area contributed by atoms with Crippen LogP contribution in [0.15, 0.2) is 23.1 Å². The topological polar surface area (TPSA) is 40.6 Å². The molecule has 1 aliphatic heterocycles. The maximum absolute atomic E-state index is 12.9. The maximum Gasteiger partial charge on any atom is 0.243 e. The lowest BCUT2D eigenvalue weighted by atomic mass is 9.96. The molecule has 0 radical (unpaired) electrons. The first-order chi connectivity index (χ1) is 10.1. The van der Waals surface area contributed by atoms with Gasteiger partial charge in [-0.1, -0.05) is 32.9 Å². The molecule has 22 heavy (non-hydrogen) atoms. The Hall–Kier alpha value is -0.910. The van der Waals surface area contributed by atoms with E-state index in [1.54, 1.807) is 10.4 Å². The predicted molar refractivity (Wildman–Crippen MR) is 90.6 cm³/mol. The third-order valence-corrected chi connectivity index (χ3v) is 6.03. The van der Waals surface area contributed by atoms with Crippen LogP contribution in [-0.2, 0) is 10.0 Å². The quantitative estimate of drug-likeness (QED) is 0.858. The van der Waals surface area contributed by atoms with Crippen LogP contribution in [0.4, 0.5) is 0 Å². The molecule has 1 heterocycles. The molecule has 1 aromatic carbocycles. The van der Waals surface area contributed by atoms with Crippen molar-refractivity contribution in [1.29, 1.82) is 0 Å². The van der Waals surface area contributed by atoms with Gasteiger partial charge in [-0.25, -0.2) is 8.42 Å². The van der Waals surface area contributed by atoms with Crippen molar-refractivity contribution in [3.63, 3.8) is 0 Å². The van der Waals surface area contributed by atoms with Gasteiger partial charge in [0.05, 0.1) is 4.90 Å². The third kappa shape index (κ3) is 4.09. The molecule has 0 bridgehead atoms. The van der Waals surface area contributed by atoms with E-state index in [1.807, 2.05) is 26.0 Å². The monoisotopic (exact) mass is 324 g/mol. The first-order valence-electron chi connectivity index (χ1n) is 7.89. The number of benzene rings is 1. The minimum Gasteiger partial charge on any atom is -0.300 e. The fourth-order valence-corrected chi connectivity index (χ4v) is 4.66. The van der Waals surface area contributed by atoms with Gasteiger partial charge in [0, 0.05) is 32.7 Å². The number of hydrogen-bond acceptors (Lipinski definition) is 3. The van der Waals surface area contributed by atoms with E-state index in [0.29, 0.717) is 18.0 Å². The molecule has 0 spiro atoms. The summed E-state index contributed by atoms with van der Waals surface area (Å²) in [5, 5.41) is 0. The van der Waals surface area contributed by atoms with Crippen LogP contribution in [0.5, 0.6) is 0 Å². The van der Waals surface area contributed by atoms with Gasteiger partial charge in [0.2, 0.25) is 10.0 Å². The molecule has 5 heteroatoms. The number of hydrogen-bond donors (Lipinski definition) is 0. The summed E-state index contributed by atoms with van der Waals surface area (Å²) in [6.45, 7) is 14.2. The van der Waals surface area contributed by atoms with E-state index in [0.717, 1.165) is 30.8 Å². The molecule has 0 N–H and O–H groups in total. The van der Waals surface area contributed by atoms with Gasteiger partial charge in [-0.15, -0.1) is 0 Å². The van der Waals surface area contributed by atoms with E-state index in [-0.39, 0.29) is 5.41 Å². The van der Waals surface area contributed by atoms with Crippen LogP contribution in [0, 0.1) is 19.3 Å². The molecule has 1 aliphatic rings. The molecule has 1 aromatic rings. The van der Waals surface area contributed by atoms with Crippen molar-refractivity contribution in [3.8, 4) is 0 Å². The molecule has 1 saturated heterocycles. The van der Waals surface area contributed by atoms with Crippen LogP contribution >= 0.6 is 0 Å². The summed E-state index contributed by atoms with van der Waals surface area (Å²) in [5.41, 5.74) is 2.05. The molecular weight excluding hydrogens is 296 g/mol. The van der Waals surface area contributed by atoms with Crippen LogP contribution in [0.1, 0.15) is 31.9 Å². The van der Waals surface area contributed by atoms with Gasteiger partial charge in [-0.2, -0.15) is 4.31 Å². The molecule has 0 aromatic heterocycles. The smallest absolute Gasteiger partial charge is 0.243 e. The van der Waals surface area contributed by atoms with E-state index in [1.165, 1.54) is 0 Å². The highest BCUT2D eigenvalue weighted by Crippen LogP contribution is 2.23. The minimum absolute atomic E-state index is 0.244. The van der Waals surface area contributed by atoms with Gasteiger partial charge in [0.15, 0.2) is 0 Å². The molecule has 124 valence electrons. The Balaban J connectivity index is 2.11. The average Bonchev–Trinajstić information content (AvgIpc) is 2.40. The van der Waals surface area contributed by atoms with E-state index in [4.69, 9.17) is 0 Å². The molecule has 2 rings (SSSR count). The standard InChI is InChI=1S/C17H28N2O2S/c1-14-6-7-15(2)16(12-14)22(20,21)19-10-8-18(9-11-19)13-17(3,4)5/h6-7,12H,8-11,13H2,1-5H3. The maximum atomic E-state index is 12.9. The molecule has 0 saturated carbocycles. The lowest BCUT2D eigenvalue weighted by molar-refractivity contribution is 0.141. The SMILES string of the molecule is Cc1ccc(C)c(S(=O)(=O)N2CCN(CC(C)(C)C)CC2)c1. The minimum atomic E-state index is -3.38. The van der Waals surface area contributed by atoms with Gasteiger partial charge in [-0.3, -0.25) is 0 Å². The second-order valence-electron chi connectivity index (χ2n) is 7.51. The lowest BCUT2D eigenvalue weighted by Gasteiger charge is -2.37. The summed E-state index contributed by atoms with van der Waals surface area (Å²) < 4.78 is 27.4. The van der Waals surface area contributed by atoms with E-state index in [2.05, 4.69) is 25.7 Å². The van der Waals surface area contributed by atoms with Crippen molar-refractivity contribution in [2.45, 2.75) is 39.5 Å². The first kappa shape index (κ1) is 17.4. The van der Waals surface area contributed by atoms with Crippen molar-refractivity contribution in [2.75, 3.05) is 32.7 Å². The summed E-state index contributed by atoms with van der Waals surface area (Å²) >= 11 is 0. The summed E-state index contributed by atoms with van der Waals surface area (Å²) in [6.07, 6.45) is 0. The number of aryl methyl sites for hydroxylation is 2. The second kappa shape index (κ2) is 6.30. The van der Waals surface area contributed by atoms with Crippen molar-refractivity contribution < 1.29 is 8.42 Å². The van der Waals surface area contributed by atoms with Crippen molar-refractivity contribution >= 4 is 10.0 Å². The summed E-state index contributed by atoms with van der Waals surface area (Å²) in [4.78, 5) is 2.81. The van der Waals surface area contributed by atoms with Crippen molar-refractivity contribution in [2.24, 2.45) is 5.41 Å².